The van der Waals surface area contributed by atoms with Gasteiger partial charge in [0.1, 0.15) is 5.60 Å². The van der Waals surface area contributed by atoms with E-state index in [4.69, 9.17) is 4.74 Å². The highest BCUT2D eigenvalue weighted by molar-refractivity contribution is 9.10. The van der Waals surface area contributed by atoms with Gasteiger partial charge in [0.05, 0.1) is 0 Å². The Kier molecular flexibility index (Phi) is 7.11. The van der Waals surface area contributed by atoms with Crippen LogP contribution in [-0.4, -0.2) is 47.4 Å². The third-order valence-corrected chi connectivity index (χ3v) is 6.46. The van der Waals surface area contributed by atoms with Crippen molar-refractivity contribution < 1.29 is 14.6 Å². The maximum atomic E-state index is 11.7. The largest absolute Gasteiger partial charge is 0.356 e. The summed E-state index contributed by atoms with van der Waals surface area (Å²) < 4.78 is 7.33. The number of halogens is 1. The SMILES string of the molecule is CC(=O)N(C)CC[C@]1(c2ccccc2)CCN(C(C)c2ccc(Br)cc2)C(O)O1. The molecule has 0 spiro atoms. The van der Waals surface area contributed by atoms with Crippen molar-refractivity contribution in [3.8, 4) is 0 Å². The minimum atomic E-state index is -1.02. The van der Waals surface area contributed by atoms with Crippen LogP contribution in [0.15, 0.2) is 59.1 Å². The quantitative estimate of drug-likeness (QED) is 0.698. The average molecular weight is 461 g/mol. The molecular weight excluding hydrogens is 432 g/mol. The molecular formula is C23H29BrN2O3. The molecule has 6 heteroatoms. The molecule has 1 aliphatic rings. The average Bonchev–Trinajstić information content (AvgIpc) is 2.72. The second kappa shape index (κ2) is 9.39. The van der Waals surface area contributed by atoms with E-state index in [1.165, 1.54) is 0 Å². The fraction of sp³-hybridized carbons (Fsp3) is 0.435. The van der Waals surface area contributed by atoms with Crippen LogP contribution in [0.5, 0.6) is 0 Å². The molecule has 1 heterocycles. The van der Waals surface area contributed by atoms with Crippen LogP contribution in [0.25, 0.3) is 0 Å². The van der Waals surface area contributed by atoms with Crippen LogP contribution in [0.1, 0.15) is 43.9 Å². The Morgan fingerprint density at radius 1 is 1.28 bits per heavy atom. The Morgan fingerprint density at radius 2 is 1.93 bits per heavy atom. The van der Waals surface area contributed by atoms with Crippen LogP contribution in [0.2, 0.25) is 0 Å². The van der Waals surface area contributed by atoms with Gasteiger partial charge in [-0.3, -0.25) is 4.79 Å². The van der Waals surface area contributed by atoms with Crippen molar-refractivity contribution in [1.29, 1.82) is 0 Å². The lowest BCUT2D eigenvalue weighted by atomic mass is 9.85. The molecule has 0 bridgehead atoms. The number of nitrogens with zero attached hydrogens (tertiary/aromatic N) is 2. The van der Waals surface area contributed by atoms with Crippen molar-refractivity contribution in [2.24, 2.45) is 0 Å². The molecule has 5 nitrogen and oxygen atoms in total. The van der Waals surface area contributed by atoms with Gasteiger partial charge in [-0.1, -0.05) is 58.4 Å². The van der Waals surface area contributed by atoms with Crippen LogP contribution in [0.4, 0.5) is 0 Å². The molecule has 1 saturated heterocycles. The minimum Gasteiger partial charge on any atom is -0.356 e. The highest BCUT2D eigenvalue weighted by Crippen LogP contribution is 2.40. The maximum absolute atomic E-state index is 11.7. The summed E-state index contributed by atoms with van der Waals surface area (Å²) in [6, 6.07) is 18.2. The molecule has 3 atom stereocenters. The first-order chi connectivity index (χ1) is 13.8. The Bertz CT molecular complexity index is 815. The predicted molar refractivity (Wildman–Crippen MR) is 117 cm³/mol. The topological polar surface area (TPSA) is 53.0 Å². The lowest BCUT2D eigenvalue weighted by molar-refractivity contribution is -0.298. The highest BCUT2D eigenvalue weighted by Gasteiger charge is 2.43. The van der Waals surface area contributed by atoms with Gasteiger partial charge in [0, 0.05) is 37.6 Å². The van der Waals surface area contributed by atoms with Crippen molar-refractivity contribution in [2.75, 3.05) is 20.1 Å². The molecule has 2 unspecified atom stereocenters. The number of ether oxygens (including phenoxy) is 1. The predicted octanol–water partition coefficient (Wildman–Crippen LogP) is 4.27. The van der Waals surface area contributed by atoms with E-state index >= 15 is 0 Å². The van der Waals surface area contributed by atoms with Gasteiger partial charge in [-0.05, 0) is 43.0 Å². The number of hydrogen-bond donors (Lipinski definition) is 1. The van der Waals surface area contributed by atoms with Crippen LogP contribution in [0, 0.1) is 0 Å². The van der Waals surface area contributed by atoms with E-state index in [0.29, 0.717) is 19.5 Å². The van der Waals surface area contributed by atoms with Crippen LogP contribution < -0.4 is 0 Å². The van der Waals surface area contributed by atoms with E-state index in [9.17, 15) is 9.90 Å². The molecule has 0 aromatic heterocycles. The summed E-state index contributed by atoms with van der Waals surface area (Å²) in [4.78, 5) is 15.3. The number of hydrogen-bond acceptors (Lipinski definition) is 4. The number of benzene rings is 2. The molecule has 2 aromatic rings. The highest BCUT2D eigenvalue weighted by atomic mass is 79.9. The fourth-order valence-corrected chi connectivity index (χ4v) is 4.12. The lowest BCUT2D eigenvalue weighted by Gasteiger charge is -2.47. The summed E-state index contributed by atoms with van der Waals surface area (Å²) in [5, 5.41) is 10.9. The van der Waals surface area contributed by atoms with Gasteiger partial charge in [0.25, 0.3) is 0 Å². The van der Waals surface area contributed by atoms with Crippen molar-refractivity contribution in [3.63, 3.8) is 0 Å². The van der Waals surface area contributed by atoms with Crippen molar-refractivity contribution in [2.45, 2.75) is 44.7 Å². The van der Waals surface area contributed by atoms with E-state index in [2.05, 4.69) is 35.0 Å². The zero-order valence-electron chi connectivity index (χ0n) is 17.2. The monoisotopic (exact) mass is 460 g/mol. The normalized spacial score (nSPS) is 23.6. The standard InChI is InChI=1S/C23H29BrN2O3/c1-17(19-9-11-21(24)12-10-19)26-16-14-23(29-22(26)28,13-15-25(3)18(2)27)20-7-5-4-6-8-20/h4-12,17,22,28H,13-16H2,1-3H3/t17?,22?,23-/m1/s1. The van der Waals surface area contributed by atoms with Gasteiger partial charge in [-0.2, -0.15) is 0 Å². The van der Waals surface area contributed by atoms with Crippen molar-refractivity contribution >= 4 is 21.8 Å². The Balaban J connectivity index is 1.80. The van der Waals surface area contributed by atoms with Gasteiger partial charge in [-0.25, -0.2) is 4.90 Å². The first kappa shape index (κ1) is 22.0. The summed E-state index contributed by atoms with van der Waals surface area (Å²) in [6.07, 6.45) is 0.343. The van der Waals surface area contributed by atoms with E-state index < -0.39 is 12.0 Å². The van der Waals surface area contributed by atoms with Gasteiger partial charge in [0.2, 0.25) is 12.3 Å². The summed E-state index contributed by atoms with van der Waals surface area (Å²) in [5.41, 5.74) is 1.53. The Labute approximate surface area is 181 Å². The number of amides is 1. The molecule has 1 fully saturated rings. The number of rotatable bonds is 6. The molecule has 156 valence electrons. The van der Waals surface area contributed by atoms with E-state index in [1.54, 1.807) is 18.9 Å². The second-order valence-corrected chi connectivity index (χ2v) is 8.63. The molecule has 1 N–H and O–H groups in total. The molecule has 2 aromatic carbocycles. The van der Waals surface area contributed by atoms with Crippen LogP contribution >= 0.6 is 15.9 Å². The van der Waals surface area contributed by atoms with Gasteiger partial charge < -0.3 is 14.7 Å². The zero-order chi connectivity index (χ0) is 21.0. The Hall–Kier alpha value is -1.73. The molecule has 29 heavy (non-hydrogen) atoms. The summed E-state index contributed by atoms with van der Waals surface area (Å²) in [5.74, 6) is 0.0232. The number of carbonyl (C=O) groups excluding carboxylic acids is 1. The molecule has 0 aliphatic carbocycles. The van der Waals surface area contributed by atoms with E-state index in [0.717, 1.165) is 22.0 Å². The first-order valence-electron chi connectivity index (χ1n) is 9.97. The lowest BCUT2D eigenvalue weighted by Crippen LogP contribution is -2.52. The third kappa shape index (κ3) is 5.07. The van der Waals surface area contributed by atoms with Crippen molar-refractivity contribution in [1.82, 2.24) is 9.80 Å². The van der Waals surface area contributed by atoms with Crippen molar-refractivity contribution in [3.05, 3.63) is 70.2 Å². The summed E-state index contributed by atoms with van der Waals surface area (Å²) in [7, 11) is 1.79. The second-order valence-electron chi connectivity index (χ2n) is 7.71. The smallest absolute Gasteiger partial charge is 0.219 e. The number of carbonyl (C=O) groups is 1. The Morgan fingerprint density at radius 3 is 2.52 bits per heavy atom. The van der Waals surface area contributed by atoms with Gasteiger partial charge >= 0.3 is 0 Å². The number of aliphatic hydroxyl groups excluding tert-OH is 1. The van der Waals surface area contributed by atoms with Gasteiger partial charge in [-0.15, -0.1) is 0 Å². The van der Waals surface area contributed by atoms with Gasteiger partial charge in [0.15, 0.2) is 0 Å². The molecule has 0 radical (unpaired) electrons. The minimum absolute atomic E-state index is 0.0202. The molecule has 1 aliphatic heterocycles. The molecule has 0 saturated carbocycles. The zero-order valence-corrected chi connectivity index (χ0v) is 18.8. The maximum Gasteiger partial charge on any atom is 0.219 e. The molecule has 3 rings (SSSR count). The van der Waals surface area contributed by atoms with E-state index in [-0.39, 0.29) is 11.9 Å². The first-order valence-corrected chi connectivity index (χ1v) is 10.8. The summed E-state index contributed by atoms with van der Waals surface area (Å²) in [6.45, 7) is 4.90. The summed E-state index contributed by atoms with van der Waals surface area (Å²) >= 11 is 3.47. The molecule has 1 amide bonds. The van der Waals surface area contributed by atoms with Crippen LogP contribution in [0.3, 0.4) is 0 Å². The van der Waals surface area contributed by atoms with Crippen LogP contribution in [-0.2, 0) is 15.1 Å². The number of aliphatic hydroxyl groups is 1. The fourth-order valence-electron chi connectivity index (χ4n) is 3.85. The third-order valence-electron chi connectivity index (χ3n) is 5.93. The van der Waals surface area contributed by atoms with E-state index in [1.807, 2.05) is 47.4 Å².